The molecule has 2 N–H and O–H groups in total. The van der Waals surface area contributed by atoms with Gasteiger partial charge < -0.3 is 25.0 Å². The Kier molecular flexibility index (Phi) is 44.0. The van der Waals surface area contributed by atoms with E-state index in [1.54, 1.807) is 0 Å². The van der Waals surface area contributed by atoms with E-state index < -0.39 is 0 Å². The second kappa shape index (κ2) is 45.1. The summed E-state index contributed by atoms with van der Waals surface area (Å²) in [5.74, 6) is 0.301. The second-order valence-corrected chi connectivity index (χ2v) is 17.8. The van der Waals surface area contributed by atoms with Gasteiger partial charge in [-0.1, -0.05) is 182 Å². The molecule has 0 aromatic carbocycles. The Hall–Kier alpha value is -1.41. The summed E-state index contributed by atoms with van der Waals surface area (Å²) in [6, 6.07) is 0. The summed E-state index contributed by atoms with van der Waals surface area (Å²) in [7, 11) is 1.86. The number of unbranched alkanes of at least 4 members (excludes halogenated alkanes) is 23. The summed E-state index contributed by atoms with van der Waals surface area (Å²) in [5, 5.41) is 6.99. The number of carbonyl (C=O) groups is 2. The van der Waals surface area contributed by atoms with E-state index in [-0.39, 0.29) is 23.8 Å². The van der Waals surface area contributed by atoms with Gasteiger partial charge in [0.05, 0.1) is 25.0 Å². The summed E-state index contributed by atoms with van der Waals surface area (Å²) in [4.78, 5) is 28.7. The highest BCUT2D eigenvalue weighted by Crippen LogP contribution is 2.22. The molecule has 0 rings (SSSR count). The quantitative estimate of drug-likeness (QED) is 0.0357. The fraction of sp³-hybridized carbons (Fsp3) is 0.940. The van der Waals surface area contributed by atoms with E-state index in [1.807, 2.05) is 7.05 Å². The predicted octanol–water partition coefficient (Wildman–Crippen LogP) is 14.0. The molecule has 0 radical (unpaired) electrons. The lowest BCUT2D eigenvalue weighted by atomic mass is 9.94. The van der Waals surface area contributed by atoms with Crippen LogP contribution < -0.4 is 10.6 Å². The molecule has 0 spiro atoms. The molecule has 0 fully saturated rings. The first kappa shape index (κ1) is 56.6. The Balaban J connectivity index is 4.60. The Bertz CT molecular complexity index is 848. The molecule has 0 heterocycles. The van der Waals surface area contributed by atoms with Crippen LogP contribution in [0.1, 0.15) is 246 Å². The van der Waals surface area contributed by atoms with Crippen LogP contribution >= 0.6 is 12.2 Å². The van der Waals surface area contributed by atoms with Crippen molar-refractivity contribution in [3.05, 3.63) is 0 Å². The van der Waals surface area contributed by atoms with Crippen LogP contribution in [0.15, 0.2) is 0 Å². The third-order valence-corrected chi connectivity index (χ3v) is 12.3. The lowest BCUT2D eigenvalue weighted by Gasteiger charge is -2.22. The summed E-state index contributed by atoms with van der Waals surface area (Å²) in [6.45, 7) is 14.4. The number of nitrogens with zero attached hydrogens (tertiary/aromatic N) is 1. The number of hydrogen-bond donors (Lipinski definition) is 2. The number of ether oxygens (including phenoxy) is 2. The van der Waals surface area contributed by atoms with Crippen LogP contribution in [-0.2, 0) is 19.1 Å². The molecule has 58 heavy (non-hydrogen) atoms. The van der Waals surface area contributed by atoms with E-state index in [0.717, 1.165) is 116 Å². The maximum Gasteiger partial charge on any atom is 0.308 e. The highest BCUT2D eigenvalue weighted by atomic mass is 32.1. The molecule has 2 atom stereocenters. The number of hydrogen-bond acceptors (Lipinski definition) is 6. The van der Waals surface area contributed by atoms with Crippen LogP contribution in [0.5, 0.6) is 0 Å². The fourth-order valence-corrected chi connectivity index (χ4v) is 8.09. The predicted molar refractivity (Wildman–Crippen MR) is 255 cm³/mol. The van der Waals surface area contributed by atoms with E-state index in [2.05, 4.69) is 43.2 Å². The first-order valence-electron chi connectivity index (χ1n) is 25.4. The van der Waals surface area contributed by atoms with Gasteiger partial charge in [-0.3, -0.25) is 9.59 Å². The van der Waals surface area contributed by atoms with E-state index >= 15 is 0 Å². The van der Waals surface area contributed by atoms with Crippen molar-refractivity contribution in [2.24, 2.45) is 11.8 Å². The van der Waals surface area contributed by atoms with Crippen LogP contribution in [0.3, 0.4) is 0 Å². The summed E-state index contributed by atoms with van der Waals surface area (Å²) in [6.07, 6.45) is 40.1. The Morgan fingerprint density at radius 1 is 0.448 bits per heavy atom. The van der Waals surface area contributed by atoms with Crippen LogP contribution in [0.2, 0.25) is 0 Å². The Morgan fingerprint density at radius 2 is 0.759 bits per heavy atom. The van der Waals surface area contributed by atoms with E-state index in [9.17, 15) is 9.59 Å². The fourth-order valence-electron chi connectivity index (χ4n) is 7.99. The molecule has 0 saturated heterocycles. The standard InChI is InChI=1S/C50H99N3O4S/c1-6-10-14-18-20-28-38-46(36-26-16-12-8-3)48(54)56-44-34-24-22-31-41-53(43-33-30-40-52-50(58)51-5)42-32-23-25-35-45-57-49(55)47(37-27-17-13-9-4)39-29-21-19-15-11-7-2/h46-47H,6-45H2,1-5H3,(H2,51,52,58). The molecule has 7 nitrogen and oxygen atoms in total. The van der Waals surface area contributed by atoms with E-state index in [1.165, 1.54) is 128 Å². The van der Waals surface area contributed by atoms with Crippen LogP contribution in [0.4, 0.5) is 0 Å². The molecule has 0 saturated carbocycles. The average Bonchev–Trinajstić information content (AvgIpc) is 3.23. The topological polar surface area (TPSA) is 79.9 Å². The number of esters is 2. The van der Waals surface area contributed by atoms with Crippen molar-refractivity contribution in [2.45, 2.75) is 246 Å². The molecule has 8 heteroatoms. The van der Waals surface area contributed by atoms with Crippen LogP contribution in [0.25, 0.3) is 0 Å². The van der Waals surface area contributed by atoms with Crippen LogP contribution in [-0.4, -0.2) is 68.4 Å². The van der Waals surface area contributed by atoms with Gasteiger partial charge in [-0.25, -0.2) is 0 Å². The van der Waals surface area contributed by atoms with Crippen molar-refractivity contribution in [1.29, 1.82) is 0 Å². The van der Waals surface area contributed by atoms with Crippen molar-refractivity contribution < 1.29 is 19.1 Å². The number of thiocarbonyl (C=S) groups is 1. The van der Waals surface area contributed by atoms with Crippen molar-refractivity contribution >= 4 is 29.3 Å². The van der Waals surface area contributed by atoms with Crippen molar-refractivity contribution in [2.75, 3.05) is 46.4 Å². The maximum atomic E-state index is 13.0. The lowest BCUT2D eigenvalue weighted by Crippen LogP contribution is -2.33. The van der Waals surface area contributed by atoms with Gasteiger partial charge in [-0.2, -0.15) is 0 Å². The first-order valence-corrected chi connectivity index (χ1v) is 25.8. The molecule has 0 amide bonds. The SMILES string of the molecule is CCCCCCCCC(CCCCCC)C(=O)OCCCCCCN(CCCCCCOC(=O)C(CCCCCC)CCCCCCCC)CCCCNC(=S)NC. The average molecular weight is 838 g/mol. The zero-order valence-electron chi connectivity index (χ0n) is 39.4. The maximum absolute atomic E-state index is 13.0. The minimum absolute atomic E-state index is 0.0601. The number of carbonyl (C=O) groups excluding carboxylic acids is 2. The van der Waals surface area contributed by atoms with Gasteiger partial charge in [0.2, 0.25) is 0 Å². The molecule has 0 aliphatic carbocycles. The Labute approximate surface area is 366 Å². The minimum atomic E-state index is 0.0601. The van der Waals surface area contributed by atoms with E-state index in [4.69, 9.17) is 21.7 Å². The molecular weight excluding hydrogens is 739 g/mol. The highest BCUT2D eigenvalue weighted by molar-refractivity contribution is 7.80. The zero-order chi connectivity index (χ0) is 42.6. The zero-order valence-corrected chi connectivity index (χ0v) is 40.2. The van der Waals surface area contributed by atoms with Crippen molar-refractivity contribution in [3.8, 4) is 0 Å². The van der Waals surface area contributed by atoms with Gasteiger partial charge in [0.15, 0.2) is 5.11 Å². The number of rotatable bonds is 45. The largest absolute Gasteiger partial charge is 0.465 e. The molecular formula is C50H99N3O4S. The van der Waals surface area contributed by atoms with Crippen molar-refractivity contribution in [3.63, 3.8) is 0 Å². The first-order chi connectivity index (χ1) is 28.4. The molecule has 0 aliphatic rings. The lowest BCUT2D eigenvalue weighted by molar-refractivity contribution is -0.150. The summed E-state index contributed by atoms with van der Waals surface area (Å²) >= 11 is 5.24. The highest BCUT2D eigenvalue weighted by Gasteiger charge is 2.20. The molecule has 0 aromatic heterocycles. The van der Waals surface area contributed by atoms with Gasteiger partial charge >= 0.3 is 11.9 Å². The Morgan fingerprint density at radius 3 is 1.14 bits per heavy atom. The third-order valence-electron chi connectivity index (χ3n) is 11.9. The summed E-state index contributed by atoms with van der Waals surface area (Å²) < 4.78 is 11.7. The monoisotopic (exact) mass is 838 g/mol. The molecule has 0 aliphatic heterocycles. The second-order valence-electron chi connectivity index (χ2n) is 17.4. The molecule has 344 valence electrons. The van der Waals surface area contributed by atoms with Gasteiger partial charge in [0.1, 0.15) is 0 Å². The van der Waals surface area contributed by atoms with Crippen molar-refractivity contribution in [1.82, 2.24) is 15.5 Å². The third kappa shape index (κ3) is 37.6. The van der Waals surface area contributed by atoms with Gasteiger partial charge in [0, 0.05) is 13.6 Å². The molecule has 0 bridgehead atoms. The molecule has 0 aromatic rings. The van der Waals surface area contributed by atoms with Gasteiger partial charge in [0.25, 0.3) is 0 Å². The minimum Gasteiger partial charge on any atom is -0.465 e. The van der Waals surface area contributed by atoms with Gasteiger partial charge in [-0.05, 0) is 96.1 Å². The van der Waals surface area contributed by atoms with Gasteiger partial charge in [-0.15, -0.1) is 0 Å². The van der Waals surface area contributed by atoms with Crippen LogP contribution in [0, 0.1) is 11.8 Å². The smallest absolute Gasteiger partial charge is 0.308 e. The normalized spacial score (nSPS) is 12.4. The summed E-state index contributed by atoms with van der Waals surface area (Å²) in [5.41, 5.74) is 0. The van der Waals surface area contributed by atoms with E-state index in [0.29, 0.717) is 18.3 Å². The number of nitrogens with one attached hydrogen (secondary N) is 2. The molecule has 2 unspecified atom stereocenters.